The Balaban J connectivity index is 1.27. The Hall–Kier alpha value is -3.02. The number of amides is 1. The summed E-state index contributed by atoms with van der Waals surface area (Å²) in [5, 5.41) is 0. The highest BCUT2D eigenvalue weighted by atomic mass is 19.1. The first kappa shape index (κ1) is 20.3. The lowest BCUT2D eigenvalue weighted by Crippen LogP contribution is -2.39. The van der Waals surface area contributed by atoms with Crippen molar-refractivity contribution in [3.8, 4) is 11.3 Å². The van der Waals surface area contributed by atoms with Crippen LogP contribution in [0.3, 0.4) is 0 Å². The highest BCUT2D eigenvalue weighted by Crippen LogP contribution is 2.27. The zero-order valence-electron chi connectivity index (χ0n) is 16.7. The summed E-state index contributed by atoms with van der Waals surface area (Å²) in [5.41, 5.74) is 1.11. The molecule has 0 N–H and O–H groups in total. The summed E-state index contributed by atoms with van der Waals surface area (Å²) in [6.07, 6.45) is 4.92. The molecule has 1 fully saturated rings. The zero-order chi connectivity index (χ0) is 20.9. The molecule has 1 amide bonds. The van der Waals surface area contributed by atoms with Gasteiger partial charge in [0.2, 0.25) is 5.91 Å². The number of likely N-dealkylation sites (tertiary alicyclic amines) is 1. The second kappa shape index (κ2) is 9.20. The van der Waals surface area contributed by atoms with Gasteiger partial charge in [0.1, 0.15) is 11.6 Å². The topological polar surface area (TPSA) is 46.3 Å². The first-order valence-corrected chi connectivity index (χ1v) is 10.3. The van der Waals surface area contributed by atoms with Crippen LogP contribution in [0, 0.1) is 17.6 Å². The number of aryl methyl sites for hydroxylation is 1. The molecule has 1 aromatic heterocycles. The van der Waals surface area contributed by atoms with Crippen molar-refractivity contribution in [1.29, 1.82) is 0 Å². The van der Waals surface area contributed by atoms with Crippen LogP contribution in [0.15, 0.2) is 59.1 Å². The van der Waals surface area contributed by atoms with E-state index in [0.717, 1.165) is 32.4 Å². The summed E-state index contributed by atoms with van der Waals surface area (Å²) < 4.78 is 33.3. The average molecular weight is 410 g/mol. The molecule has 156 valence electrons. The maximum Gasteiger partial charge on any atom is 0.223 e. The zero-order valence-corrected chi connectivity index (χ0v) is 16.7. The number of carbonyl (C=O) groups excluding carboxylic acids is 1. The van der Waals surface area contributed by atoms with Crippen LogP contribution < -0.4 is 0 Å². The molecule has 4 rings (SSSR count). The minimum atomic E-state index is -0.702. The molecule has 1 aliphatic heterocycles. The summed E-state index contributed by atoms with van der Waals surface area (Å²) in [4.78, 5) is 18.5. The molecule has 1 aliphatic rings. The molecule has 2 aromatic carbocycles. The fraction of sp³-hybridized carbons (Fsp3) is 0.333. The average Bonchev–Trinajstić information content (AvgIpc) is 3.22. The van der Waals surface area contributed by atoms with E-state index < -0.39 is 11.6 Å². The number of rotatable bonds is 6. The van der Waals surface area contributed by atoms with E-state index in [1.165, 1.54) is 30.0 Å². The maximum absolute atomic E-state index is 13.9. The Morgan fingerprint density at radius 1 is 1.03 bits per heavy atom. The van der Waals surface area contributed by atoms with Gasteiger partial charge in [0.25, 0.3) is 0 Å². The number of piperidine rings is 1. The van der Waals surface area contributed by atoms with Crippen LogP contribution in [0.2, 0.25) is 0 Å². The molecule has 3 aromatic rings. The van der Waals surface area contributed by atoms with Crippen LogP contribution in [0.1, 0.15) is 30.7 Å². The number of hydrogen-bond donors (Lipinski definition) is 0. The molecule has 0 saturated carbocycles. The molecule has 6 heteroatoms. The van der Waals surface area contributed by atoms with Crippen molar-refractivity contribution < 1.29 is 18.0 Å². The minimum absolute atomic E-state index is 0.0368. The van der Waals surface area contributed by atoms with Crippen molar-refractivity contribution in [1.82, 2.24) is 9.88 Å². The third-order valence-electron chi connectivity index (χ3n) is 5.65. The summed E-state index contributed by atoms with van der Waals surface area (Å²) >= 11 is 0. The molecule has 1 saturated heterocycles. The molecule has 2 heterocycles. The van der Waals surface area contributed by atoms with E-state index in [0.29, 0.717) is 18.2 Å². The van der Waals surface area contributed by atoms with E-state index in [2.05, 4.69) is 29.2 Å². The second-order valence-electron chi connectivity index (χ2n) is 7.73. The van der Waals surface area contributed by atoms with Crippen LogP contribution in [-0.4, -0.2) is 28.9 Å². The monoisotopic (exact) mass is 410 g/mol. The summed E-state index contributed by atoms with van der Waals surface area (Å²) in [6.45, 7) is 1.52. The van der Waals surface area contributed by atoms with Gasteiger partial charge >= 0.3 is 0 Å². The number of hydrogen-bond acceptors (Lipinski definition) is 3. The normalized spacial score (nSPS) is 14.8. The highest BCUT2D eigenvalue weighted by Gasteiger charge is 2.23. The summed E-state index contributed by atoms with van der Waals surface area (Å²) in [5.74, 6) is -0.402. The van der Waals surface area contributed by atoms with Gasteiger partial charge in [-0.1, -0.05) is 36.4 Å². The van der Waals surface area contributed by atoms with E-state index in [9.17, 15) is 13.6 Å². The number of carbonyl (C=O) groups is 1. The fourth-order valence-electron chi connectivity index (χ4n) is 3.98. The van der Waals surface area contributed by atoms with Crippen LogP contribution in [0.5, 0.6) is 0 Å². The molecule has 0 atom stereocenters. The van der Waals surface area contributed by atoms with Gasteiger partial charge in [0, 0.05) is 25.9 Å². The second-order valence-corrected chi connectivity index (χ2v) is 7.73. The lowest BCUT2D eigenvalue weighted by Gasteiger charge is -2.32. The molecule has 4 nitrogen and oxygen atoms in total. The van der Waals surface area contributed by atoms with Gasteiger partial charge in [-0.15, -0.1) is 0 Å². The Morgan fingerprint density at radius 3 is 2.43 bits per heavy atom. The Labute approximate surface area is 174 Å². The van der Waals surface area contributed by atoms with E-state index in [1.807, 2.05) is 11.0 Å². The Bertz CT molecular complexity index is 975. The van der Waals surface area contributed by atoms with Crippen molar-refractivity contribution in [3.63, 3.8) is 0 Å². The van der Waals surface area contributed by atoms with Crippen LogP contribution in [0.25, 0.3) is 11.3 Å². The lowest BCUT2D eigenvalue weighted by molar-refractivity contribution is -0.132. The minimum Gasteiger partial charge on any atom is -0.441 e. The van der Waals surface area contributed by atoms with Crippen molar-refractivity contribution >= 4 is 5.91 Å². The molecule has 0 unspecified atom stereocenters. The molecular weight excluding hydrogens is 386 g/mol. The van der Waals surface area contributed by atoms with Gasteiger partial charge in [-0.25, -0.2) is 13.8 Å². The Kier molecular flexibility index (Phi) is 6.21. The summed E-state index contributed by atoms with van der Waals surface area (Å²) in [7, 11) is 0. The predicted molar refractivity (Wildman–Crippen MR) is 110 cm³/mol. The largest absolute Gasteiger partial charge is 0.441 e. The standard InChI is InChI=1S/C24H24F2N2O2/c25-19-7-4-8-20(26)24(19)21-16-27-22(30-21)9-10-23(29)28-13-11-18(12-14-28)15-17-5-2-1-3-6-17/h1-8,16,18H,9-15H2. The number of benzene rings is 2. The van der Waals surface area contributed by atoms with Crippen molar-refractivity contribution in [3.05, 3.63) is 77.8 Å². The van der Waals surface area contributed by atoms with Crippen LogP contribution >= 0.6 is 0 Å². The number of nitrogens with zero attached hydrogens (tertiary/aromatic N) is 2. The molecule has 0 spiro atoms. The van der Waals surface area contributed by atoms with E-state index >= 15 is 0 Å². The van der Waals surface area contributed by atoms with Crippen LogP contribution in [-0.2, 0) is 17.6 Å². The first-order valence-electron chi connectivity index (χ1n) is 10.3. The third kappa shape index (κ3) is 4.75. The van der Waals surface area contributed by atoms with Gasteiger partial charge in [-0.05, 0) is 42.9 Å². The van der Waals surface area contributed by atoms with Gasteiger partial charge in [0.05, 0.1) is 11.8 Å². The van der Waals surface area contributed by atoms with E-state index in [1.54, 1.807) is 0 Å². The lowest BCUT2D eigenvalue weighted by atomic mass is 9.90. The molecule has 0 bridgehead atoms. The SMILES string of the molecule is O=C(CCc1ncc(-c2c(F)cccc2F)o1)N1CCC(Cc2ccccc2)CC1. The summed E-state index contributed by atoms with van der Waals surface area (Å²) in [6, 6.07) is 14.1. The maximum atomic E-state index is 13.9. The van der Waals surface area contributed by atoms with E-state index in [4.69, 9.17) is 4.42 Å². The molecule has 0 radical (unpaired) electrons. The van der Waals surface area contributed by atoms with Gasteiger partial charge in [0.15, 0.2) is 11.7 Å². The quantitative estimate of drug-likeness (QED) is 0.572. The van der Waals surface area contributed by atoms with Gasteiger partial charge < -0.3 is 9.32 Å². The number of aromatic nitrogens is 1. The number of halogens is 2. The number of oxazole rings is 1. The Morgan fingerprint density at radius 2 is 1.73 bits per heavy atom. The first-order chi connectivity index (χ1) is 14.6. The van der Waals surface area contributed by atoms with Gasteiger partial charge in [-0.2, -0.15) is 0 Å². The van der Waals surface area contributed by atoms with Crippen molar-refractivity contribution in [2.75, 3.05) is 13.1 Å². The van der Waals surface area contributed by atoms with Crippen molar-refractivity contribution in [2.45, 2.75) is 32.1 Å². The molecule has 30 heavy (non-hydrogen) atoms. The van der Waals surface area contributed by atoms with Crippen molar-refractivity contribution in [2.24, 2.45) is 5.92 Å². The highest BCUT2D eigenvalue weighted by molar-refractivity contribution is 5.76. The van der Waals surface area contributed by atoms with Crippen LogP contribution in [0.4, 0.5) is 8.78 Å². The predicted octanol–water partition coefficient (Wildman–Crippen LogP) is 5.03. The third-order valence-corrected chi connectivity index (χ3v) is 5.65. The smallest absolute Gasteiger partial charge is 0.223 e. The van der Waals surface area contributed by atoms with Gasteiger partial charge in [-0.3, -0.25) is 4.79 Å². The van der Waals surface area contributed by atoms with E-state index in [-0.39, 0.29) is 23.7 Å². The molecule has 0 aliphatic carbocycles. The fourth-order valence-corrected chi connectivity index (χ4v) is 3.98. The molecular formula is C24H24F2N2O2.